The van der Waals surface area contributed by atoms with Gasteiger partial charge in [-0.1, -0.05) is 17.7 Å². The molecular formula is C16H22N2O4S. The molecule has 23 heavy (non-hydrogen) atoms. The predicted octanol–water partition coefficient (Wildman–Crippen LogP) is 1.01. The van der Waals surface area contributed by atoms with E-state index in [2.05, 4.69) is 0 Å². The van der Waals surface area contributed by atoms with Gasteiger partial charge in [0.05, 0.1) is 4.90 Å². The lowest BCUT2D eigenvalue weighted by molar-refractivity contribution is -0.142. The Morgan fingerprint density at radius 1 is 1.13 bits per heavy atom. The number of nitrogens with zero attached hydrogens (tertiary/aromatic N) is 2. The molecule has 1 atom stereocenters. The first-order chi connectivity index (χ1) is 11.0. The molecular weight excluding hydrogens is 316 g/mol. The molecule has 2 aliphatic heterocycles. The molecule has 2 heterocycles. The summed E-state index contributed by atoms with van der Waals surface area (Å²) in [6.45, 7) is 4.06. The van der Waals surface area contributed by atoms with Gasteiger partial charge in [0.15, 0.2) is 0 Å². The molecule has 1 amide bonds. The number of sulfonamides is 1. The van der Waals surface area contributed by atoms with E-state index in [9.17, 15) is 13.2 Å². The fraction of sp³-hybridized carbons (Fsp3) is 0.562. The number of rotatable bonds is 3. The van der Waals surface area contributed by atoms with Crippen LogP contribution in [0.4, 0.5) is 0 Å². The number of carbonyl (C=O) groups is 1. The van der Waals surface area contributed by atoms with E-state index in [4.69, 9.17) is 4.74 Å². The molecule has 0 bridgehead atoms. The Bertz CT molecular complexity index is 658. The topological polar surface area (TPSA) is 66.9 Å². The molecule has 0 radical (unpaired) electrons. The van der Waals surface area contributed by atoms with Crippen molar-refractivity contribution >= 4 is 15.9 Å². The Balaban J connectivity index is 1.64. The van der Waals surface area contributed by atoms with E-state index < -0.39 is 10.0 Å². The van der Waals surface area contributed by atoms with Gasteiger partial charge in [-0.05, 0) is 31.9 Å². The number of hydrogen-bond acceptors (Lipinski definition) is 4. The summed E-state index contributed by atoms with van der Waals surface area (Å²) >= 11 is 0. The number of hydrogen-bond donors (Lipinski definition) is 0. The summed E-state index contributed by atoms with van der Waals surface area (Å²) < 4.78 is 32.1. The highest BCUT2D eigenvalue weighted by molar-refractivity contribution is 7.89. The van der Waals surface area contributed by atoms with Crippen molar-refractivity contribution in [1.82, 2.24) is 9.21 Å². The Kier molecular flexibility index (Phi) is 4.70. The second-order valence-electron chi connectivity index (χ2n) is 6.04. The maximum absolute atomic E-state index is 12.6. The largest absolute Gasteiger partial charge is 0.368 e. The van der Waals surface area contributed by atoms with Crippen molar-refractivity contribution in [1.29, 1.82) is 0 Å². The van der Waals surface area contributed by atoms with Crippen LogP contribution in [0.15, 0.2) is 29.2 Å². The van der Waals surface area contributed by atoms with Crippen molar-refractivity contribution in [3.05, 3.63) is 29.8 Å². The number of benzene rings is 1. The molecule has 7 heteroatoms. The number of carbonyl (C=O) groups excluding carboxylic acids is 1. The Morgan fingerprint density at radius 2 is 1.78 bits per heavy atom. The van der Waals surface area contributed by atoms with Crippen LogP contribution in [0.25, 0.3) is 0 Å². The summed E-state index contributed by atoms with van der Waals surface area (Å²) in [6, 6.07) is 6.86. The standard InChI is InChI=1S/C16H22N2O4S/c1-13-4-6-14(7-5-13)23(20,21)18-10-8-17(9-11-18)16(19)15-3-2-12-22-15/h4-7,15H,2-3,8-12H2,1H3/t15-/m1/s1. The van der Waals surface area contributed by atoms with Crippen LogP contribution in [0.5, 0.6) is 0 Å². The van der Waals surface area contributed by atoms with E-state index in [0.717, 1.165) is 18.4 Å². The van der Waals surface area contributed by atoms with Crippen LogP contribution in [0.2, 0.25) is 0 Å². The maximum atomic E-state index is 12.6. The molecule has 2 fully saturated rings. The summed E-state index contributed by atoms with van der Waals surface area (Å²) in [5.41, 5.74) is 1.02. The molecule has 2 saturated heterocycles. The number of amides is 1. The molecule has 0 spiro atoms. The van der Waals surface area contributed by atoms with Crippen LogP contribution < -0.4 is 0 Å². The second kappa shape index (κ2) is 6.59. The normalized spacial score (nSPS) is 23.2. The maximum Gasteiger partial charge on any atom is 0.251 e. The number of ether oxygens (including phenoxy) is 1. The average Bonchev–Trinajstić information content (AvgIpc) is 3.09. The van der Waals surface area contributed by atoms with Crippen LogP contribution >= 0.6 is 0 Å². The van der Waals surface area contributed by atoms with Gasteiger partial charge < -0.3 is 9.64 Å². The van der Waals surface area contributed by atoms with E-state index in [1.54, 1.807) is 29.2 Å². The van der Waals surface area contributed by atoms with Crippen LogP contribution in [-0.4, -0.2) is 62.4 Å². The molecule has 6 nitrogen and oxygen atoms in total. The minimum atomic E-state index is -3.48. The summed E-state index contributed by atoms with van der Waals surface area (Å²) in [6.07, 6.45) is 1.34. The minimum Gasteiger partial charge on any atom is -0.368 e. The average molecular weight is 338 g/mol. The van der Waals surface area contributed by atoms with Gasteiger partial charge in [0, 0.05) is 32.8 Å². The van der Waals surface area contributed by atoms with E-state index >= 15 is 0 Å². The molecule has 0 aromatic heterocycles. The monoisotopic (exact) mass is 338 g/mol. The summed E-state index contributed by atoms with van der Waals surface area (Å²) in [5, 5.41) is 0. The third-order valence-electron chi connectivity index (χ3n) is 4.41. The first kappa shape index (κ1) is 16.4. The molecule has 1 aromatic carbocycles. The lowest BCUT2D eigenvalue weighted by Crippen LogP contribution is -2.52. The van der Waals surface area contributed by atoms with E-state index in [1.807, 2.05) is 6.92 Å². The highest BCUT2D eigenvalue weighted by atomic mass is 32.2. The van der Waals surface area contributed by atoms with Crippen molar-refractivity contribution in [2.45, 2.75) is 30.8 Å². The number of piperazine rings is 1. The predicted molar refractivity (Wildman–Crippen MR) is 85.5 cm³/mol. The van der Waals surface area contributed by atoms with Gasteiger partial charge in [0.25, 0.3) is 5.91 Å². The van der Waals surface area contributed by atoms with Crippen molar-refractivity contribution in [2.75, 3.05) is 32.8 Å². The number of aryl methyl sites for hydroxylation is 1. The van der Waals surface area contributed by atoms with Gasteiger partial charge in [0.1, 0.15) is 6.10 Å². The fourth-order valence-corrected chi connectivity index (χ4v) is 4.41. The zero-order valence-electron chi connectivity index (χ0n) is 13.3. The summed E-state index contributed by atoms with van der Waals surface area (Å²) in [7, 11) is -3.48. The van der Waals surface area contributed by atoms with Gasteiger partial charge in [-0.15, -0.1) is 0 Å². The molecule has 3 rings (SSSR count). The van der Waals surface area contributed by atoms with Crippen LogP contribution in [0.1, 0.15) is 18.4 Å². The Hall–Kier alpha value is -1.44. The molecule has 126 valence electrons. The fourth-order valence-electron chi connectivity index (χ4n) is 2.98. The smallest absolute Gasteiger partial charge is 0.251 e. The third kappa shape index (κ3) is 3.41. The highest BCUT2D eigenvalue weighted by Crippen LogP contribution is 2.20. The molecule has 2 aliphatic rings. The summed E-state index contributed by atoms with van der Waals surface area (Å²) in [4.78, 5) is 14.3. The first-order valence-electron chi connectivity index (χ1n) is 7.96. The Labute approximate surface area is 137 Å². The van der Waals surface area contributed by atoms with Gasteiger partial charge in [0.2, 0.25) is 10.0 Å². The van der Waals surface area contributed by atoms with Gasteiger partial charge in [-0.25, -0.2) is 8.42 Å². The van der Waals surface area contributed by atoms with Gasteiger partial charge in [-0.2, -0.15) is 4.31 Å². The SMILES string of the molecule is Cc1ccc(S(=O)(=O)N2CCN(C(=O)[C@H]3CCCO3)CC2)cc1. The Morgan fingerprint density at radius 3 is 2.35 bits per heavy atom. The van der Waals surface area contributed by atoms with Crippen molar-refractivity contribution in [3.8, 4) is 0 Å². The molecule has 0 N–H and O–H groups in total. The van der Waals surface area contributed by atoms with Crippen LogP contribution in [0, 0.1) is 6.92 Å². The van der Waals surface area contributed by atoms with Gasteiger partial charge in [-0.3, -0.25) is 4.79 Å². The van der Waals surface area contributed by atoms with Crippen LogP contribution in [0.3, 0.4) is 0 Å². The van der Waals surface area contributed by atoms with Crippen molar-refractivity contribution in [3.63, 3.8) is 0 Å². The molecule has 0 saturated carbocycles. The molecule has 0 unspecified atom stereocenters. The lowest BCUT2D eigenvalue weighted by Gasteiger charge is -2.35. The van der Waals surface area contributed by atoms with Crippen LogP contribution in [-0.2, 0) is 19.6 Å². The van der Waals surface area contributed by atoms with E-state index in [1.165, 1.54) is 4.31 Å². The van der Waals surface area contributed by atoms with Gasteiger partial charge >= 0.3 is 0 Å². The molecule has 1 aromatic rings. The quantitative estimate of drug-likeness (QED) is 0.825. The second-order valence-corrected chi connectivity index (χ2v) is 7.98. The van der Waals surface area contributed by atoms with E-state index in [0.29, 0.717) is 37.7 Å². The third-order valence-corrected chi connectivity index (χ3v) is 6.33. The zero-order valence-corrected chi connectivity index (χ0v) is 14.1. The first-order valence-corrected chi connectivity index (χ1v) is 9.40. The zero-order chi connectivity index (χ0) is 16.4. The molecule has 0 aliphatic carbocycles. The lowest BCUT2D eigenvalue weighted by atomic mass is 10.2. The minimum absolute atomic E-state index is 0.00474. The van der Waals surface area contributed by atoms with E-state index in [-0.39, 0.29) is 12.0 Å². The van der Waals surface area contributed by atoms with Crippen molar-refractivity contribution in [2.24, 2.45) is 0 Å². The summed E-state index contributed by atoms with van der Waals surface area (Å²) in [5.74, 6) is -0.00474. The van der Waals surface area contributed by atoms with Crippen molar-refractivity contribution < 1.29 is 17.9 Å². The highest BCUT2D eigenvalue weighted by Gasteiger charge is 2.33.